The second-order valence-electron chi connectivity index (χ2n) is 6.03. The van der Waals surface area contributed by atoms with Crippen LogP contribution < -0.4 is 5.32 Å². The first-order chi connectivity index (χ1) is 8.03. The van der Waals surface area contributed by atoms with E-state index in [1.807, 2.05) is 0 Å². The van der Waals surface area contributed by atoms with Crippen LogP contribution >= 0.6 is 0 Å². The van der Waals surface area contributed by atoms with Crippen molar-refractivity contribution in [1.29, 1.82) is 0 Å². The Hall–Kier alpha value is -0.120. The summed E-state index contributed by atoms with van der Waals surface area (Å²) in [4.78, 5) is 2.48. The monoisotopic (exact) mass is 242 g/mol. The lowest BCUT2D eigenvalue weighted by Gasteiger charge is -2.30. The summed E-state index contributed by atoms with van der Waals surface area (Å²) in [5.41, 5.74) is -0.00843. The number of rotatable bonds is 7. The molecule has 1 aliphatic carbocycles. The maximum atomic E-state index is 9.58. The van der Waals surface area contributed by atoms with Gasteiger partial charge >= 0.3 is 0 Å². The lowest BCUT2D eigenvalue weighted by atomic mass is 9.98. The fourth-order valence-corrected chi connectivity index (χ4v) is 2.85. The van der Waals surface area contributed by atoms with Gasteiger partial charge in [-0.15, -0.1) is 0 Å². The molecular weight excluding hydrogens is 212 g/mol. The van der Waals surface area contributed by atoms with Crippen molar-refractivity contribution in [3.8, 4) is 0 Å². The van der Waals surface area contributed by atoms with Crippen molar-refractivity contribution < 1.29 is 5.11 Å². The van der Waals surface area contributed by atoms with Crippen LogP contribution in [0.5, 0.6) is 0 Å². The predicted octanol–water partition coefficient (Wildman–Crippen LogP) is 1.86. The topological polar surface area (TPSA) is 35.5 Å². The summed E-state index contributed by atoms with van der Waals surface area (Å²) in [7, 11) is 2.23. The van der Waals surface area contributed by atoms with Crippen molar-refractivity contribution in [2.45, 2.75) is 58.0 Å². The molecule has 0 radical (unpaired) electrons. The summed E-state index contributed by atoms with van der Waals surface area (Å²) >= 11 is 0. The van der Waals surface area contributed by atoms with Gasteiger partial charge in [0.25, 0.3) is 0 Å². The van der Waals surface area contributed by atoms with E-state index in [1.54, 1.807) is 0 Å². The van der Waals surface area contributed by atoms with E-state index in [1.165, 1.54) is 19.4 Å². The van der Waals surface area contributed by atoms with Gasteiger partial charge in [-0.25, -0.2) is 0 Å². The van der Waals surface area contributed by atoms with Gasteiger partial charge in [0.15, 0.2) is 0 Å². The van der Waals surface area contributed by atoms with Crippen molar-refractivity contribution in [3.05, 3.63) is 0 Å². The summed E-state index contributed by atoms with van der Waals surface area (Å²) in [6, 6.07) is 0.639. The van der Waals surface area contributed by atoms with Gasteiger partial charge in [-0.3, -0.25) is 0 Å². The number of aliphatic hydroxyl groups is 1. The van der Waals surface area contributed by atoms with Crippen LogP contribution in [0.25, 0.3) is 0 Å². The van der Waals surface area contributed by atoms with E-state index < -0.39 is 0 Å². The minimum Gasteiger partial charge on any atom is -0.394 e. The van der Waals surface area contributed by atoms with Crippen molar-refractivity contribution in [1.82, 2.24) is 10.2 Å². The molecule has 17 heavy (non-hydrogen) atoms. The zero-order valence-electron chi connectivity index (χ0n) is 12.0. The molecule has 0 aromatic heterocycles. The summed E-state index contributed by atoms with van der Waals surface area (Å²) in [6.07, 6.45) is 4.67. The van der Waals surface area contributed by atoms with E-state index in [9.17, 15) is 5.11 Å². The lowest BCUT2D eigenvalue weighted by Crippen LogP contribution is -2.47. The van der Waals surface area contributed by atoms with Crippen LogP contribution in [0.3, 0.4) is 0 Å². The summed E-state index contributed by atoms with van der Waals surface area (Å²) < 4.78 is 0. The Balaban J connectivity index is 2.42. The normalized spacial score (nSPS) is 29.5. The van der Waals surface area contributed by atoms with Crippen LogP contribution in [0.4, 0.5) is 0 Å². The Labute approximate surface area is 107 Å². The van der Waals surface area contributed by atoms with Gasteiger partial charge in [-0.1, -0.05) is 20.8 Å². The second-order valence-corrected chi connectivity index (χ2v) is 6.03. The number of nitrogens with zero attached hydrogens (tertiary/aromatic N) is 1. The first-order valence-corrected chi connectivity index (χ1v) is 7.09. The molecule has 0 aliphatic heterocycles. The quantitative estimate of drug-likeness (QED) is 0.715. The highest BCUT2D eigenvalue weighted by molar-refractivity contribution is 4.98. The molecule has 2 N–H and O–H groups in total. The van der Waals surface area contributed by atoms with E-state index in [0.29, 0.717) is 6.04 Å². The van der Waals surface area contributed by atoms with Crippen LogP contribution in [-0.2, 0) is 0 Å². The smallest absolute Gasteiger partial charge is 0.0613 e. The Bertz CT molecular complexity index is 220. The van der Waals surface area contributed by atoms with E-state index in [0.717, 1.165) is 25.3 Å². The van der Waals surface area contributed by atoms with Gasteiger partial charge in [0, 0.05) is 11.6 Å². The number of hydrogen-bond donors (Lipinski definition) is 2. The fourth-order valence-electron chi connectivity index (χ4n) is 2.85. The highest BCUT2D eigenvalue weighted by atomic mass is 16.3. The summed E-state index contributed by atoms with van der Waals surface area (Å²) in [5, 5.41) is 13.1. The van der Waals surface area contributed by atoms with E-state index >= 15 is 0 Å². The predicted molar refractivity (Wildman–Crippen MR) is 73.2 cm³/mol. The molecular formula is C14H30N2O. The standard InChI is InChI=1S/C14H30N2O/c1-5-15-14(11-17)8-6-13(10-14)16(4)9-7-12(2)3/h12-13,15,17H,5-11H2,1-4H3. The molecule has 0 saturated heterocycles. The number of hydrogen-bond acceptors (Lipinski definition) is 3. The molecule has 1 aliphatic rings. The maximum Gasteiger partial charge on any atom is 0.0613 e. The third-order valence-corrected chi connectivity index (χ3v) is 4.12. The van der Waals surface area contributed by atoms with Crippen LogP contribution in [-0.4, -0.2) is 48.3 Å². The van der Waals surface area contributed by atoms with Crippen LogP contribution in [0.15, 0.2) is 0 Å². The molecule has 1 fully saturated rings. The van der Waals surface area contributed by atoms with E-state index in [-0.39, 0.29) is 12.1 Å². The van der Waals surface area contributed by atoms with Gasteiger partial charge in [-0.2, -0.15) is 0 Å². The number of likely N-dealkylation sites (N-methyl/N-ethyl adjacent to an activating group) is 1. The van der Waals surface area contributed by atoms with Gasteiger partial charge in [0.05, 0.1) is 6.61 Å². The molecule has 102 valence electrons. The minimum absolute atomic E-state index is 0.00843. The average Bonchev–Trinajstić information content (AvgIpc) is 2.71. The first kappa shape index (κ1) is 14.9. The van der Waals surface area contributed by atoms with E-state index in [2.05, 4.69) is 38.0 Å². The third-order valence-electron chi connectivity index (χ3n) is 4.12. The molecule has 3 heteroatoms. The molecule has 0 amide bonds. The number of aliphatic hydroxyl groups excluding tert-OH is 1. The van der Waals surface area contributed by atoms with Gasteiger partial charge in [-0.05, 0) is 51.7 Å². The zero-order chi connectivity index (χ0) is 12.9. The molecule has 0 aromatic carbocycles. The van der Waals surface area contributed by atoms with E-state index in [4.69, 9.17) is 0 Å². The molecule has 2 unspecified atom stereocenters. The summed E-state index contributed by atoms with van der Waals surface area (Å²) in [5.74, 6) is 0.773. The SMILES string of the molecule is CCNC1(CO)CCC(N(C)CCC(C)C)C1. The highest BCUT2D eigenvalue weighted by Gasteiger charge is 2.39. The molecule has 0 heterocycles. The maximum absolute atomic E-state index is 9.58. The van der Waals surface area contributed by atoms with Crippen molar-refractivity contribution in [2.24, 2.45) is 5.92 Å². The van der Waals surface area contributed by atoms with Crippen molar-refractivity contribution >= 4 is 0 Å². The molecule has 0 spiro atoms. The highest BCUT2D eigenvalue weighted by Crippen LogP contribution is 2.32. The largest absolute Gasteiger partial charge is 0.394 e. The van der Waals surface area contributed by atoms with Crippen LogP contribution in [0.1, 0.15) is 46.5 Å². The molecule has 3 nitrogen and oxygen atoms in total. The second kappa shape index (κ2) is 6.72. The molecule has 0 bridgehead atoms. The van der Waals surface area contributed by atoms with Crippen molar-refractivity contribution in [3.63, 3.8) is 0 Å². The molecule has 1 saturated carbocycles. The average molecular weight is 242 g/mol. The molecule has 0 aromatic rings. The minimum atomic E-state index is -0.00843. The zero-order valence-corrected chi connectivity index (χ0v) is 12.0. The van der Waals surface area contributed by atoms with Crippen molar-refractivity contribution in [2.75, 3.05) is 26.7 Å². The number of nitrogens with one attached hydrogen (secondary N) is 1. The summed E-state index contributed by atoms with van der Waals surface area (Å²) in [6.45, 7) is 9.07. The van der Waals surface area contributed by atoms with Crippen LogP contribution in [0, 0.1) is 5.92 Å². The Morgan fingerprint density at radius 2 is 2.18 bits per heavy atom. The molecule has 1 rings (SSSR count). The lowest BCUT2D eigenvalue weighted by molar-refractivity contribution is 0.150. The molecule has 2 atom stereocenters. The van der Waals surface area contributed by atoms with Crippen LogP contribution in [0.2, 0.25) is 0 Å². The Kier molecular flexibility index (Phi) is 5.90. The van der Waals surface area contributed by atoms with Gasteiger partial charge < -0.3 is 15.3 Å². The van der Waals surface area contributed by atoms with Gasteiger partial charge in [0.2, 0.25) is 0 Å². The first-order valence-electron chi connectivity index (χ1n) is 7.09. The Morgan fingerprint density at radius 1 is 1.47 bits per heavy atom. The fraction of sp³-hybridized carbons (Fsp3) is 1.00. The third kappa shape index (κ3) is 4.23. The Morgan fingerprint density at radius 3 is 2.71 bits per heavy atom. The van der Waals surface area contributed by atoms with Gasteiger partial charge in [0.1, 0.15) is 0 Å².